The summed E-state index contributed by atoms with van der Waals surface area (Å²) >= 11 is 0. The fraction of sp³-hybridized carbons (Fsp3) is 1.00. The SMILES string of the molecule is CCCCCCB1CCCO1. The van der Waals surface area contributed by atoms with Crippen molar-refractivity contribution in [3.05, 3.63) is 0 Å². The van der Waals surface area contributed by atoms with Crippen LogP contribution in [0.25, 0.3) is 0 Å². The lowest BCUT2D eigenvalue weighted by molar-refractivity contribution is 0.358. The molecule has 1 rings (SSSR count). The molecule has 0 saturated carbocycles. The van der Waals surface area contributed by atoms with E-state index in [-0.39, 0.29) is 0 Å². The van der Waals surface area contributed by atoms with Crippen LogP contribution in [0.5, 0.6) is 0 Å². The molecule has 1 aliphatic rings. The molecule has 0 spiro atoms. The van der Waals surface area contributed by atoms with Crippen molar-refractivity contribution in [3.63, 3.8) is 0 Å². The van der Waals surface area contributed by atoms with Crippen LogP contribution in [0.3, 0.4) is 0 Å². The van der Waals surface area contributed by atoms with Gasteiger partial charge in [-0.05, 0) is 19.1 Å². The fourth-order valence-electron chi connectivity index (χ4n) is 1.67. The van der Waals surface area contributed by atoms with E-state index in [0.29, 0.717) is 6.92 Å². The highest BCUT2D eigenvalue weighted by Gasteiger charge is 2.19. The molecule has 1 fully saturated rings. The number of hydrogen-bond acceptors (Lipinski definition) is 1. The van der Waals surface area contributed by atoms with E-state index in [1.807, 2.05) is 0 Å². The van der Waals surface area contributed by atoms with Gasteiger partial charge >= 0.3 is 0 Å². The van der Waals surface area contributed by atoms with Crippen molar-refractivity contribution in [3.8, 4) is 0 Å². The summed E-state index contributed by atoms with van der Waals surface area (Å²) in [7, 11) is 0. The van der Waals surface area contributed by atoms with Crippen LogP contribution in [0.15, 0.2) is 0 Å². The van der Waals surface area contributed by atoms with Crippen molar-refractivity contribution in [2.45, 2.75) is 51.7 Å². The van der Waals surface area contributed by atoms with Crippen LogP contribution in [-0.2, 0) is 4.65 Å². The molecule has 0 amide bonds. The molecule has 0 aromatic heterocycles. The van der Waals surface area contributed by atoms with E-state index in [2.05, 4.69) is 6.92 Å². The Labute approximate surface area is 70.6 Å². The van der Waals surface area contributed by atoms with Gasteiger partial charge in [0.05, 0.1) is 0 Å². The maximum Gasteiger partial charge on any atom is 0.293 e. The van der Waals surface area contributed by atoms with Gasteiger partial charge in [-0.15, -0.1) is 0 Å². The first-order valence-corrected chi connectivity index (χ1v) is 5.05. The third-order valence-corrected chi connectivity index (χ3v) is 2.40. The van der Waals surface area contributed by atoms with E-state index < -0.39 is 0 Å². The average Bonchev–Trinajstić information content (AvgIpc) is 2.50. The first-order valence-electron chi connectivity index (χ1n) is 5.05. The van der Waals surface area contributed by atoms with Crippen LogP contribution in [0, 0.1) is 0 Å². The van der Waals surface area contributed by atoms with E-state index >= 15 is 0 Å². The van der Waals surface area contributed by atoms with Crippen LogP contribution >= 0.6 is 0 Å². The molecule has 0 aliphatic carbocycles. The van der Waals surface area contributed by atoms with Gasteiger partial charge in [-0.1, -0.05) is 32.6 Å². The minimum absolute atomic E-state index is 0.617. The highest BCUT2D eigenvalue weighted by molar-refractivity contribution is 6.52. The fourth-order valence-corrected chi connectivity index (χ4v) is 1.67. The Hall–Kier alpha value is 0.0249. The van der Waals surface area contributed by atoms with Crippen LogP contribution in [-0.4, -0.2) is 13.5 Å². The van der Waals surface area contributed by atoms with Gasteiger partial charge in [0.2, 0.25) is 0 Å². The van der Waals surface area contributed by atoms with Gasteiger partial charge < -0.3 is 4.65 Å². The second-order valence-corrected chi connectivity index (χ2v) is 3.48. The van der Waals surface area contributed by atoms with Gasteiger partial charge in [-0.2, -0.15) is 0 Å². The number of hydrogen-bond donors (Lipinski definition) is 0. The van der Waals surface area contributed by atoms with E-state index in [1.165, 1.54) is 44.7 Å². The Morgan fingerprint density at radius 1 is 1.27 bits per heavy atom. The molecule has 11 heavy (non-hydrogen) atoms. The minimum atomic E-state index is 0.617. The molecule has 0 unspecified atom stereocenters. The van der Waals surface area contributed by atoms with Crippen molar-refractivity contribution in [2.24, 2.45) is 0 Å². The number of unbranched alkanes of at least 4 members (excludes halogenated alkanes) is 3. The largest absolute Gasteiger partial charge is 0.436 e. The Bertz CT molecular complexity index is 89.6. The number of rotatable bonds is 5. The molecule has 1 heterocycles. The van der Waals surface area contributed by atoms with Gasteiger partial charge in [0, 0.05) is 6.61 Å². The summed E-state index contributed by atoms with van der Waals surface area (Å²) in [6.07, 6.45) is 9.41. The third-order valence-electron chi connectivity index (χ3n) is 2.40. The predicted molar refractivity (Wildman–Crippen MR) is 50.1 cm³/mol. The Balaban J connectivity index is 1.86. The summed E-state index contributed by atoms with van der Waals surface area (Å²) in [6, 6.07) is 0. The Morgan fingerprint density at radius 3 is 2.82 bits per heavy atom. The molecule has 0 atom stereocenters. The molecule has 1 aliphatic heterocycles. The van der Waals surface area contributed by atoms with Crippen LogP contribution in [0.1, 0.15) is 39.0 Å². The van der Waals surface area contributed by atoms with Gasteiger partial charge in [-0.3, -0.25) is 0 Å². The standard InChI is InChI=1S/C9H19BO/c1-2-3-4-5-7-10-8-6-9-11-10/h2-9H2,1H3. The first kappa shape index (κ1) is 9.12. The van der Waals surface area contributed by atoms with Crippen molar-refractivity contribution in [1.29, 1.82) is 0 Å². The van der Waals surface area contributed by atoms with E-state index in [1.54, 1.807) is 0 Å². The van der Waals surface area contributed by atoms with E-state index in [9.17, 15) is 0 Å². The molecule has 0 radical (unpaired) electrons. The van der Waals surface area contributed by atoms with Crippen molar-refractivity contribution < 1.29 is 4.65 Å². The molecule has 0 N–H and O–H groups in total. The summed E-state index contributed by atoms with van der Waals surface area (Å²) in [5, 5.41) is 0. The predicted octanol–water partition coefficient (Wildman–Crippen LogP) is 2.98. The average molecular weight is 154 g/mol. The molecule has 2 heteroatoms. The molecule has 1 nitrogen and oxygen atoms in total. The summed E-state index contributed by atoms with van der Waals surface area (Å²) in [6.45, 7) is 3.89. The topological polar surface area (TPSA) is 9.23 Å². The highest BCUT2D eigenvalue weighted by atomic mass is 16.4. The van der Waals surface area contributed by atoms with Crippen molar-refractivity contribution >= 4 is 6.92 Å². The molecule has 64 valence electrons. The van der Waals surface area contributed by atoms with E-state index in [0.717, 1.165) is 6.61 Å². The third kappa shape index (κ3) is 3.81. The smallest absolute Gasteiger partial charge is 0.293 e. The lowest BCUT2D eigenvalue weighted by atomic mass is 9.61. The van der Waals surface area contributed by atoms with Gasteiger partial charge in [0.1, 0.15) is 0 Å². The zero-order valence-corrected chi connectivity index (χ0v) is 7.64. The van der Waals surface area contributed by atoms with Gasteiger partial charge in [0.15, 0.2) is 0 Å². The molecule has 0 bridgehead atoms. The first-order chi connectivity index (χ1) is 5.43. The molecule has 0 aromatic carbocycles. The normalized spacial score (nSPS) is 17.7. The lowest BCUT2D eigenvalue weighted by Gasteiger charge is -2.03. The zero-order valence-electron chi connectivity index (χ0n) is 7.64. The minimum Gasteiger partial charge on any atom is -0.436 e. The quantitative estimate of drug-likeness (QED) is 0.436. The summed E-state index contributed by atoms with van der Waals surface area (Å²) in [4.78, 5) is 0. The van der Waals surface area contributed by atoms with Gasteiger partial charge in [0.25, 0.3) is 6.92 Å². The van der Waals surface area contributed by atoms with Gasteiger partial charge in [-0.25, -0.2) is 0 Å². The molecule has 0 aromatic rings. The summed E-state index contributed by atoms with van der Waals surface area (Å²) < 4.78 is 5.53. The summed E-state index contributed by atoms with van der Waals surface area (Å²) in [5.74, 6) is 0. The molecular weight excluding hydrogens is 135 g/mol. The van der Waals surface area contributed by atoms with Crippen molar-refractivity contribution in [2.75, 3.05) is 6.61 Å². The second-order valence-electron chi connectivity index (χ2n) is 3.48. The van der Waals surface area contributed by atoms with Crippen LogP contribution < -0.4 is 0 Å². The van der Waals surface area contributed by atoms with E-state index in [4.69, 9.17) is 4.65 Å². The Kier molecular flexibility index (Phi) is 4.68. The lowest BCUT2D eigenvalue weighted by Crippen LogP contribution is -2.09. The Morgan fingerprint density at radius 2 is 2.18 bits per heavy atom. The molecule has 1 saturated heterocycles. The highest BCUT2D eigenvalue weighted by Crippen LogP contribution is 2.16. The summed E-state index contributed by atoms with van der Waals surface area (Å²) in [5.41, 5.74) is 0. The maximum absolute atomic E-state index is 5.53. The second kappa shape index (κ2) is 5.65. The van der Waals surface area contributed by atoms with Crippen LogP contribution in [0.4, 0.5) is 0 Å². The van der Waals surface area contributed by atoms with Crippen molar-refractivity contribution in [1.82, 2.24) is 0 Å². The zero-order chi connectivity index (χ0) is 7.94. The monoisotopic (exact) mass is 154 g/mol. The molecular formula is C9H19BO. The maximum atomic E-state index is 5.53. The van der Waals surface area contributed by atoms with Crippen LogP contribution in [0.2, 0.25) is 12.6 Å².